The molecule has 1 amide bonds. The van der Waals surface area contributed by atoms with Crippen molar-refractivity contribution in [3.8, 4) is 0 Å². The molecule has 0 saturated heterocycles. The summed E-state index contributed by atoms with van der Waals surface area (Å²) in [7, 11) is 0. The summed E-state index contributed by atoms with van der Waals surface area (Å²) < 4.78 is 13.5. The van der Waals surface area contributed by atoms with E-state index >= 15 is 0 Å². The molecule has 1 aromatic carbocycles. The van der Waals surface area contributed by atoms with Crippen LogP contribution in [0.3, 0.4) is 0 Å². The smallest absolute Gasteiger partial charge is 0.224 e. The van der Waals surface area contributed by atoms with Gasteiger partial charge in [0.15, 0.2) is 0 Å². The summed E-state index contributed by atoms with van der Waals surface area (Å²) in [4.78, 5) is 11.8. The number of rotatable bonds is 5. The maximum atomic E-state index is 13.5. The van der Waals surface area contributed by atoms with Crippen LogP contribution in [0.15, 0.2) is 18.2 Å². The van der Waals surface area contributed by atoms with E-state index in [1.807, 2.05) is 0 Å². The van der Waals surface area contributed by atoms with Crippen LogP contribution < -0.4 is 5.32 Å². The van der Waals surface area contributed by atoms with Crippen LogP contribution in [0.1, 0.15) is 25.3 Å². The summed E-state index contributed by atoms with van der Waals surface area (Å²) in [6.45, 7) is 1.89. The van der Waals surface area contributed by atoms with E-state index in [0.29, 0.717) is 0 Å². The standard InChI is InChI=1S/C14H17ClFNO2/c1-14(19,9-5-6-9)8-17-13(18)7-10-11(15)3-2-4-12(10)16/h2-4,9,19H,5-8H2,1H3,(H,17,18)/t14-/m1/s1. The zero-order chi connectivity index (χ0) is 14.0. The average molecular weight is 286 g/mol. The molecule has 1 aliphatic carbocycles. The molecule has 1 aromatic rings. The Bertz CT molecular complexity index is 466. The molecule has 3 nitrogen and oxygen atoms in total. The van der Waals surface area contributed by atoms with Gasteiger partial charge in [0, 0.05) is 17.1 Å². The molecule has 0 unspecified atom stereocenters. The molecule has 2 N–H and O–H groups in total. The van der Waals surface area contributed by atoms with Gasteiger partial charge in [-0.15, -0.1) is 0 Å². The third-order valence-corrected chi connectivity index (χ3v) is 3.85. The highest BCUT2D eigenvalue weighted by Crippen LogP contribution is 2.39. The number of aliphatic hydroxyl groups is 1. The van der Waals surface area contributed by atoms with Crippen molar-refractivity contribution in [1.29, 1.82) is 0 Å². The van der Waals surface area contributed by atoms with E-state index in [4.69, 9.17) is 11.6 Å². The SMILES string of the molecule is C[C@@](O)(CNC(=O)Cc1c(F)cccc1Cl)C1CC1. The molecule has 19 heavy (non-hydrogen) atoms. The van der Waals surface area contributed by atoms with Crippen LogP contribution in [0.5, 0.6) is 0 Å². The maximum absolute atomic E-state index is 13.5. The number of hydrogen-bond donors (Lipinski definition) is 2. The minimum absolute atomic E-state index is 0.119. The fraction of sp³-hybridized carbons (Fsp3) is 0.500. The second-order valence-corrected chi connectivity index (χ2v) is 5.69. The number of hydrogen-bond acceptors (Lipinski definition) is 2. The van der Waals surface area contributed by atoms with Gasteiger partial charge in [-0.1, -0.05) is 17.7 Å². The number of nitrogens with one attached hydrogen (secondary N) is 1. The largest absolute Gasteiger partial charge is 0.388 e. The van der Waals surface area contributed by atoms with Gasteiger partial charge in [-0.3, -0.25) is 4.79 Å². The van der Waals surface area contributed by atoms with E-state index in [-0.39, 0.29) is 35.4 Å². The number of carbonyl (C=O) groups is 1. The van der Waals surface area contributed by atoms with Crippen molar-refractivity contribution < 1.29 is 14.3 Å². The van der Waals surface area contributed by atoms with E-state index in [0.717, 1.165) is 12.8 Å². The van der Waals surface area contributed by atoms with Crippen molar-refractivity contribution >= 4 is 17.5 Å². The fourth-order valence-electron chi connectivity index (χ4n) is 2.05. The predicted octanol–water partition coefficient (Wildman–Crippen LogP) is 2.30. The maximum Gasteiger partial charge on any atom is 0.224 e. The van der Waals surface area contributed by atoms with Gasteiger partial charge in [-0.2, -0.15) is 0 Å². The van der Waals surface area contributed by atoms with Crippen LogP contribution in [-0.4, -0.2) is 23.2 Å². The molecule has 1 fully saturated rings. The zero-order valence-corrected chi connectivity index (χ0v) is 11.5. The first kappa shape index (κ1) is 14.3. The van der Waals surface area contributed by atoms with Crippen molar-refractivity contribution in [3.05, 3.63) is 34.6 Å². The highest BCUT2D eigenvalue weighted by atomic mass is 35.5. The molecule has 1 saturated carbocycles. The third kappa shape index (κ3) is 3.67. The lowest BCUT2D eigenvalue weighted by Gasteiger charge is -2.23. The second kappa shape index (κ2) is 5.47. The Balaban J connectivity index is 1.91. The Morgan fingerprint density at radius 3 is 2.84 bits per heavy atom. The molecule has 0 aromatic heterocycles. The van der Waals surface area contributed by atoms with Crippen LogP contribution in [0, 0.1) is 11.7 Å². The zero-order valence-electron chi connectivity index (χ0n) is 10.7. The first-order valence-electron chi connectivity index (χ1n) is 6.32. The lowest BCUT2D eigenvalue weighted by molar-refractivity contribution is -0.121. The molecular weight excluding hydrogens is 269 g/mol. The quantitative estimate of drug-likeness (QED) is 0.872. The average Bonchev–Trinajstić information content (AvgIpc) is 3.16. The van der Waals surface area contributed by atoms with Crippen LogP contribution in [0.25, 0.3) is 0 Å². The summed E-state index contributed by atoms with van der Waals surface area (Å²) in [5.41, 5.74) is -0.693. The lowest BCUT2D eigenvalue weighted by Crippen LogP contribution is -2.42. The molecule has 0 aliphatic heterocycles. The van der Waals surface area contributed by atoms with Gasteiger partial charge < -0.3 is 10.4 Å². The van der Waals surface area contributed by atoms with Crippen LogP contribution >= 0.6 is 11.6 Å². The van der Waals surface area contributed by atoms with Crippen LogP contribution in [0.4, 0.5) is 4.39 Å². The molecule has 104 valence electrons. The number of benzene rings is 1. The topological polar surface area (TPSA) is 49.3 Å². The van der Waals surface area contributed by atoms with Gasteiger partial charge in [-0.25, -0.2) is 4.39 Å². The van der Waals surface area contributed by atoms with Gasteiger partial charge in [-0.05, 0) is 37.8 Å². The molecule has 2 rings (SSSR count). The highest BCUT2D eigenvalue weighted by Gasteiger charge is 2.39. The van der Waals surface area contributed by atoms with E-state index in [1.54, 1.807) is 13.0 Å². The molecule has 5 heteroatoms. The monoisotopic (exact) mass is 285 g/mol. The van der Waals surface area contributed by atoms with E-state index in [2.05, 4.69) is 5.32 Å². The summed E-state index contributed by atoms with van der Waals surface area (Å²) in [6.07, 6.45) is 1.86. The second-order valence-electron chi connectivity index (χ2n) is 5.29. The minimum atomic E-state index is -0.880. The first-order valence-corrected chi connectivity index (χ1v) is 6.70. The lowest BCUT2D eigenvalue weighted by atomic mass is 10.0. The molecule has 0 radical (unpaired) electrons. The number of halogens is 2. The van der Waals surface area contributed by atoms with Crippen molar-refractivity contribution in [3.63, 3.8) is 0 Å². The molecule has 0 heterocycles. The van der Waals surface area contributed by atoms with E-state index < -0.39 is 11.4 Å². The Kier molecular flexibility index (Phi) is 4.11. The third-order valence-electron chi connectivity index (χ3n) is 3.50. The van der Waals surface area contributed by atoms with Gasteiger partial charge in [0.05, 0.1) is 12.0 Å². The summed E-state index contributed by atoms with van der Waals surface area (Å²) >= 11 is 5.85. The molecular formula is C14H17ClFNO2. The van der Waals surface area contributed by atoms with Crippen LogP contribution in [0.2, 0.25) is 5.02 Å². The Labute approximate surface area is 116 Å². The van der Waals surface area contributed by atoms with E-state index in [9.17, 15) is 14.3 Å². The Morgan fingerprint density at radius 2 is 2.26 bits per heavy atom. The fourth-order valence-corrected chi connectivity index (χ4v) is 2.28. The molecule has 1 atom stereocenters. The molecule has 0 bridgehead atoms. The summed E-state index contributed by atoms with van der Waals surface area (Å²) in [5, 5.41) is 12.9. The normalized spacial score (nSPS) is 17.9. The Hall–Kier alpha value is -1.13. The molecule has 0 spiro atoms. The van der Waals surface area contributed by atoms with Gasteiger partial charge >= 0.3 is 0 Å². The van der Waals surface area contributed by atoms with Crippen molar-refractivity contribution in [2.75, 3.05) is 6.54 Å². The van der Waals surface area contributed by atoms with Gasteiger partial charge in [0.2, 0.25) is 5.91 Å². The highest BCUT2D eigenvalue weighted by molar-refractivity contribution is 6.31. The van der Waals surface area contributed by atoms with Crippen molar-refractivity contribution in [1.82, 2.24) is 5.32 Å². The van der Waals surface area contributed by atoms with Crippen LogP contribution in [-0.2, 0) is 11.2 Å². The predicted molar refractivity (Wildman–Crippen MR) is 71.5 cm³/mol. The van der Waals surface area contributed by atoms with Gasteiger partial charge in [0.1, 0.15) is 5.82 Å². The van der Waals surface area contributed by atoms with E-state index in [1.165, 1.54) is 12.1 Å². The number of amides is 1. The van der Waals surface area contributed by atoms with Crippen molar-refractivity contribution in [2.45, 2.75) is 31.8 Å². The minimum Gasteiger partial charge on any atom is -0.388 e. The summed E-state index contributed by atoms with van der Waals surface area (Å²) in [5.74, 6) is -0.575. The van der Waals surface area contributed by atoms with Gasteiger partial charge in [0.25, 0.3) is 0 Å². The first-order chi connectivity index (χ1) is 8.90. The number of carbonyl (C=O) groups excluding carboxylic acids is 1. The summed E-state index contributed by atoms with van der Waals surface area (Å²) in [6, 6.07) is 4.32. The van der Waals surface area contributed by atoms with Crippen molar-refractivity contribution in [2.24, 2.45) is 5.92 Å². The molecule has 1 aliphatic rings. The Morgan fingerprint density at radius 1 is 1.58 bits per heavy atom.